The fourth-order valence-corrected chi connectivity index (χ4v) is 2.78. The zero-order chi connectivity index (χ0) is 17.8. The Morgan fingerprint density at radius 2 is 2.00 bits per heavy atom. The largest absolute Gasteiger partial charge is 0.355 e. The first kappa shape index (κ1) is 17.0. The van der Waals surface area contributed by atoms with Crippen LogP contribution < -0.4 is 10.6 Å². The van der Waals surface area contributed by atoms with E-state index >= 15 is 0 Å². The van der Waals surface area contributed by atoms with Gasteiger partial charge in [0.1, 0.15) is 0 Å². The number of rotatable bonds is 5. The predicted molar refractivity (Wildman–Crippen MR) is 97.8 cm³/mol. The number of aryl methyl sites for hydroxylation is 1. The van der Waals surface area contributed by atoms with E-state index in [0.29, 0.717) is 22.8 Å². The van der Waals surface area contributed by atoms with Crippen LogP contribution in [0.3, 0.4) is 0 Å². The number of nitrogens with one attached hydrogen (secondary N) is 2. The van der Waals surface area contributed by atoms with Gasteiger partial charge in [-0.1, -0.05) is 23.7 Å². The minimum absolute atomic E-state index is 0.153. The van der Waals surface area contributed by atoms with Crippen LogP contribution in [0, 0.1) is 0 Å². The lowest BCUT2D eigenvalue weighted by Crippen LogP contribution is -2.19. The maximum atomic E-state index is 12.2. The number of hydrogen-bond acceptors (Lipinski definition) is 3. The molecule has 0 spiro atoms. The number of aromatic nitrogens is 2. The van der Waals surface area contributed by atoms with E-state index in [4.69, 9.17) is 11.6 Å². The molecule has 0 fully saturated rings. The molecule has 0 radical (unpaired) electrons. The predicted octanol–water partition coefficient (Wildman–Crippen LogP) is 3.08. The molecular weight excluding hydrogens is 340 g/mol. The van der Waals surface area contributed by atoms with Gasteiger partial charge in [0.25, 0.3) is 5.91 Å². The number of anilines is 1. The highest BCUT2D eigenvalue weighted by Gasteiger charge is 2.09. The number of carbonyl (C=O) groups excluding carboxylic acids is 2. The van der Waals surface area contributed by atoms with Crippen LogP contribution >= 0.6 is 11.6 Å². The topological polar surface area (TPSA) is 76.0 Å². The van der Waals surface area contributed by atoms with Crippen molar-refractivity contribution in [3.05, 3.63) is 59.2 Å². The first-order valence-electron chi connectivity index (χ1n) is 7.80. The molecule has 0 aliphatic rings. The van der Waals surface area contributed by atoms with Crippen molar-refractivity contribution in [2.24, 2.45) is 0 Å². The van der Waals surface area contributed by atoms with Crippen molar-refractivity contribution in [2.75, 3.05) is 12.4 Å². The number of halogens is 1. The molecule has 0 aliphatic heterocycles. The van der Waals surface area contributed by atoms with Crippen LogP contribution in [-0.2, 0) is 11.3 Å². The average Bonchev–Trinajstić information content (AvgIpc) is 3.04. The zero-order valence-corrected chi connectivity index (χ0v) is 14.4. The highest BCUT2D eigenvalue weighted by Crippen LogP contribution is 2.22. The van der Waals surface area contributed by atoms with Gasteiger partial charge in [-0.15, -0.1) is 0 Å². The summed E-state index contributed by atoms with van der Waals surface area (Å²) in [6.45, 7) is 0.435. The standard InChI is InChI=1S/C18H17ClN4O2/c1-20-18(25)12-4-2-5-13(10-12)22-17(24)8-9-23-16-7-3-6-15(19)14(16)11-21-23/h2-7,10-11H,8-9H2,1H3,(H,20,25)(H,22,24). The van der Waals surface area contributed by atoms with Crippen molar-refractivity contribution < 1.29 is 9.59 Å². The van der Waals surface area contributed by atoms with Gasteiger partial charge in [-0.25, -0.2) is 0 Å². The van der Waals surface area contributed by atoms with Gasteiger partial charge in [0.15, 0.2) is 0 Å². The minimum Gasteiger partial charge on any atom is -0.355 e. The van der Waals surface area contributed by atoms with Gasteiger partial charge in [-0.3, -0.25) is 14.3 Å². The smallest absolute Gasteiger partial charge is 0.251 e. The van der Waals surface area contributed by atoms with E-state index < -0.39 is 0 Å². The molecule has 2 amide bonds. The molecule has 2 N–H and O–H groups in total. The summed E-state index contributed by atoms with van der Waals surface area (Å²) in [6.07, 6.45) is 1.95. The summed E-state index contributed by atoms with van der Waals surface area (Å²) in [6, 6.07) is 12.4. The highest BCUT2D eigenvalue weighted by molar-refractivity contribution is 6.35. The van der Waals surface area contributed by atoms with E-state index in [9.17, 15) is 9.59 Å². The third-order valence-electron chi connectivity index (χ3n) is 3.82. The quantitative estimate of drug-likeness (QED) is 0.737. The van der Waals surface area contributed by atoms with Crippen molar-refractivity contribution in [1.82, 2.24) is 15.1 Å². The lowest BCUT2D eigenvalue weighted by Gasteiger charge is -2.08. The second-order valence-corrected chi connectivity index (χ2v) is 5.91. The molecule has 1 heterocycles. The molecule has 0 saturated carbocycles. The van der Waals surface area contributed by atoms with Crippen LogP contribution in [0.15, 0.2) is 48.7 Å². The Morgan fingerprint density at radius 3 is 2.80 bits per heavy atom. The first-order chi connectivity index (χ1) is 12.1. The van der Waals surface area contributed by atoms with Crippen LogP contribution in [0.1, 0.15) is 16.8 Å². The Labute approximate surface area is 149 Å². The van der Waals surface area contributed by atoms with E-state index in [1.165, 1.54) is 0 Å². The third kappa shape index (κ3) is 3.80. The molecule has 0 unspecified atom stereocenters. The van der Waals surface area contributed by atoms with Crippen molar-refractivity contribution in [1.29, 1.82) is 0 Å². The molecule has 3 rings (SSSR count). The number of nitrogens with zero attached hydrogens (tertiary/aromatic N) is 2. The lowest BCUT2D eigenvalue weighted by atomic mass is 10.2. The first-order valence-corrected chi connectivity index (χ1v) is 8.18. The van der Waals surface area contributed by atoms with Gasteiger partial charge in [-0.2, -0.15) is 5.10 Å². The summed E-state index contributed by atoms with van der Waals surface area (Å²) in [5, 5.41) is 11.1. The van der Waals surface area contributed by atoms with Crippen molar-refractivity contribution in [3.8, 4) is 0 Å². The Bertz CT molecular complexity index is 936. The summed E-state index contributed by atoms with van der Waals surface area (Å²) in [5.74, 6) is -0.351. The summed E-state index contributed by atoms with van der Waals surface area (Å²) in [5.41, 5.74) is 1.97. The van der Waals surface area contributed by atoms with Gasteiger partial charge in [0.2, 0.25) is 5.91 Å². The molecule has 0 atom stereocenters. The Hall–Kier alpha value is -2.86. The molecular formula is C18H17ClN4O2. The lowest BCUT2D eigenvalue weighted by molar-refractivity contribution is -0.116. The monoisotopic (exact) mass is 356 g/mol. The number of benzene rings is 2. The third-order valence-corrected chi connectivity index (χ3v) is 4.15. The fourth-order valence-electron chi connectivity index (χ4n) is 2.56. The molecule has 7 heteroatoms. The van der Waals surface area contributed by atoms with Crippen molar-refractivity contribution >= 4 is 40.0 Å². The van der Waals surface area contributed by atoms with Crippen molar-refractivity contribution in [2.45, 2.75) is 13.0 Å². The number of hydrogen-bond donors (Lipinski definition) is 2. The molecule has 0 saturated heterocycles. The number of amides is 2. The summed E-state index contributed by atoms with van der Waals surface area (Å²) in [4.78, 5) is 23.8. The van der Waals surface area contributed by atoms with Gasteiger partial charge in [-0.05, 0) is 30.3 Å². The van der Waals surface area contributed by atoms with Crippen molar-refractivity contribution in [3.63, 3.8) is 0 Å². The van der Waals surface area contributed by atoms with Gasteiger partial charge >= 0.3 is 0 Å². The molecule has 6 nitrogen and oxygen atoms in total. The molecule has 2 aromatic carbocycles. The molecule has 3 aromatic rings. The van der Waals surface area contributed by atoms with E-state index in [1.54, 1.807) is 42.2 Å². The van der Waals surface area contributed by atoms with Gasteiger partial charge in [0.05, 0.1) is 23.3 Å². The van der Waals surface area contributed by atoms with Crippen LogP contribution in [0.5, 0.6) is 0 Å². The SMILES string of the molecule is CNC(=O)c1cccc(NC(=O)CCn2ncc3c(Cl)cccc32)c1. The summed E-state index contributed by atoms with van der Waals surface area (Å²) < 4.78 is 1.75. The van der Waals surface area contributed by atoms with Crippen LogP contribution in [0.4, 0.5) is 5.69 Å². The minimum atomic E-state index is -0.198. The van der Waals surface area contributed by atoms with Crippen LogP contribution in [0.2, 0.25) is 5.02 Å². The Kier molecular flexibility index (Phi) is 5.00. The second-order valence-electron chi connectivity index (χ2n) is 5.50. The van der Waals surface area contributed by atoms with Crippen LogP contribution in [0.25, 0.3) is 10.9 Å². The molecule has 25 heavy (non-hydrogen) atoms. The van der Waals surface area contributed by atoms with Gasteiger partial charge < -0.3 is 10.6 Å². The maximum Gasteiger partial charge on any atom is 0.251 e. The molecule has 1 aromatic heterocycles. The van der Waals surface area contributed by atoms with E-state index in [1.807, 2.05) is 18.2 Å². The highest BCUT2D eigenvalue weighted by atomic mass is 35.5. The summed E-state index contributed by atoms with van der Waals surface area (Å²) >= 11 is 6.13. The zero-order valence-electron chi connectivity index (χ0n) is 13.6. The van der Waals surface area contributed by atoms with E-state index in [0.717, 1.165) is 10.9 Å². The normalized spacial score (nSPS) is 10.6. The molecule has 0 aliphatic carbocycles. The molecule has 0 bridgehead atoms. The maximum absolute atomic E-state index is 12.2. The summed E-state index contributed by atoms with van der Waals surface area (Å²) in [7, 11) is 1.56. The fraction of sp³-hybridized carbons (Fsp3) is 0.167. The number of carbonyl (C=O) groups is 2. The van der Waals surface area contributed by atoms with E-state index in [2.05, 4.69) is 15.7 Å². The molecule has 128 valence electrons. The Balaban J connectivity index is 1.65. The van der Waals surface area contributed by atoms with Crippen LogP contribution in [-0.4, -0.2) is 28.6 Å². The second kappa shape index (κ2) is 7.36. The van der Waals surface area contributed by atoms with Gasteiger partial charge in [0, 0.05) is 30.1 Å². The Morgan fingerprint density at radius 1 is 1.20 bits per heavy atom. The average molecular weight is 357 g/mol. The number of fused-ring (bicyclic) bond motifs is 1. The van der Waals surface area contributed by atoms with E-state index in [-0.39, 0.29) is 18.2 Å².